The van der Waals surface area contributed by atoms with Gasteiger partial charge in [0.25, 0.3) is 5.91 Å². The molecule has 0 radical (unpaired) electrons. The molecule has 2 aliphatic rings. The summed E-state index contributed by atoms with van der Waals surface area (Å²) in [5.41, 5.74) is 0. The lowest BCUT2D eigenvalue weighted by Crippen LogP contribution is -2.48. The molecule has 2 atom stereocenters. The summed E-state index contributed by atoms with van der Waals surface area (Å²) in [6, 6.07) is 0. The zero-order chi connectivity index (χ0) is 10.7. The van der Waals surface area contributed by atoms with Gasteiger partial charge in [0.05, 0.1) is 6.61 Å². The number of carbonyl (C=O) groups excluding carboxylic acids is 1. The van der Waals surface area contributed by atoms with Gasteiger partial charge in [-0.1, -0.05) is 13.3 Å². The maximum atomic E-state index is 12.0. The molecule has 0 aliphatic carbocycles. The summed E-state index contributed by atoms with van der Waals surface area (Å²) in [4.78, 5) is 14.0. The van der Waals surface area contributed by atoms with E-state index in [4.69, 9.17) is 4.74 Å². The second kappa shape index (κ2) is 4.94. The lowest BCUT2D eigenvalue weighted by Gasteiger charge is -2.27. The van der Waals surface area contributed by atoms with Crippen molar-refractivity contribution in [2.24, 2.45) is 5.92 Å². The molecule has 1 amide bonds. The van der Waals surface area contributed by atoms with Crippen LogP contribution in [0.25, 0.3) is 0 Å². The number of carbonyl (C=O) groups is 1. The summed E-state index contributed by atoms with van der Waals surface area (Å²) in [6.07, 6.45) is 2.09. The van der Waals surface area contributed by atoms with Crippen molar-refractivity contribution in [3.63, 3.8) is 0 Å². The van der Waals surface area contributed by atoms with Crippen molar-refractivity contribution in [1.29, 1.82) is 0 Å². The first-order valence-electron chi connectivity index (χ1n) is 5.92. The first-order valence-corrected chi connectivity index (χ1v) is 5.92. The Bertz CT molecular complexity index is 227. The van der Waals surface area contributed by atoms with Gasteiger partial charge in [-0.2, -0.15) is 0 Å². The molecule has 0 saturated carbocycles. The average Bonchev–Trinajstić information content (AvgIpc) is 2.78. The van der Waals surface area contributed by atoms with Gasteiger partial charge in [0.2, 0.25) is 0 Å². The van der Waals surface area contributed by atoms with Crippen molar-refractivity contribution in [3.8, 4) is 0 Å². The van der Waals surface area contributed by atoms with E-state index >= 15 is 0 Å². The van der Waals surface area contributed by atoms with Gasteiger partial charge < -0.3 is 15.0 Å². The predicted octanol–water partition coefficient (Wildman–Crippen LogP) is 0.233. The Morgan fingerprint density at radius 3 is 3.07 bits per heavy atom. The molecule has 0 aromatic carbocycles. The Balaban J connectivity index is 1.85. The fraction of sp³-hybridized carbons (Fsp3) is 0.909. The second-order valence-electron chi connectivity index (χ2n) is 4.41. The first kappa shape index (κ1) is 10.9. The van der Waals surface area contributed by atoms with Gasteiger partial charge in [-0.3, -0.25) is 4.79 Å². The van der Waals surface area contributed by atoms with Gasteiger partial charge in [-0.25, -0.2) is 0 Å². The maximum Gasteiger partial charge on any atom is 0.253 e. The van der Waals surface area contributed by atoms with Crippen LogP contribution in [0, 0.1) is 5.92 Å². The molecule has 1 N–H and O–H groups in total. The van der Waals surface area contributed by atoms with Gasteiger partial charge in [0.15, 0.2) is 0 Å². The number of amides is 1. The van der Waals surface area contributed by atoms with E-state index in [2.05, 4.69) is 12.2 Å². The van der Waals surface area contributed by atoms with E-state index in [0.717, 1.165) is 26.1 Å². The quantitative estimate of drug-likeness (QED) is 0.712. The number of nitrogens with zero attached hydrogens (tertiary/aromatic N) is 1. The highest BCUT2D eigenvalue weighted by atomic mass is 16.5. The Hall–Kier alpha value is -0.610. The van der Waals surface area contributed by atoms with Crippen LogP contribution in [0.5, 0.6) is 0 Å². The molecule has 2 unspecified atom stereocenters. The number of likely N-dealkylation sites (tertiary alicyclic amines) is 1. The Morgan fingerprint density at radius 1 is 1.60 bits per heavy atom. The van der Waals surface area contributed by atoms with Crippen LogP contribution in [0.2, 0.25) is 0 Å². The number of ether oxygens (including phenoxy) is 1. The third-order valence-corrected chi connectivity index (χ3v) is 3.38. The summed E-state index contributed by atoms with van der Waals surface area (Å²) in [5.74, 6) is 0.878. The minimum Gasteiger partial charge on any atom is -0.366 e. The van der Waals surface area contributed by atoms with Crippen LogP contribution in [0.4, 0.5) is 0 Å². The fourth-order valence-corrected chi connectivity index (χ4v) is 2.29. The lowest BCUT2D eigenvalue weighted by molar-refractivity contribution is -0.144. The fourth-order valence-electron chi connectivity index (χ4n) is 2.29. The molecule has 2 aliphatic heterocycles. The van der Waals surface area contributed by atoms with E-state index in [-0.39, 0.29) is 12.0 Å². The summed E-state index contributed by atoms with van der Waals surface area (Å²) >= 11 is 0. The molecule has 0 bridgehead atoms. The van der Waals surface area contributed by atoms with Crippen LogP contribution >= 0.6 is 0 Å². The third-order valence-electron chi connectivity index (χ3n) is 3.38. The molecule has 2 heterocycles. The molecule has 2 saturated heterocycles. The molecule has 0 aromatic heterocycles. The van der Waals surface area contributed by atoms with Gasteiger partial charge in [-0.05, 0) is 12.3 Å². The Morgan fingerprint density at radius 2 is 2.47 bits per heavy atom. The summed E-state index contributed by atoms with van der Waals surface area (Å²) in [7, 11) is 0. The largest absolute Gasteiger partial charge is 0.366 e. The van der Waals surface area contributed by atoms with Crippen LogP contribution in [-0.2, 0) is 9.53 Å². The molecule has 4 heteroatoms. The normalized spacial score (nSPS) is 31.9. The van der Waals surface area contributed by atoms with Crippen molar-refractivity contribution in [2.45, 2.75) is 25.9 Å². The highest BCUT2D eigenvalue weighted by Crippen LogP contribution is 2.20. The van der Waals surface area contributed by atoms with E-state index in [0.29, 0.717) is 19.1 Å². The van der Waals surface area contributed by atoms with E-state index in [1.807, 2.05) is 4.90 Å². The molecular formula is C11H20N2O2. The van der Waals surface area contributed by atoms with Crippen molar-refractivity contribution in [2.75, 3.05) is 32.8 Å². The molecule has 15 heavy (non-hydrogen) atoms. The average molecular weight is 212 g/mol. The number of hydrogen-bond donors (Lipinski definition) is 1. The van der Waals surface area contributed by atoms with Crippen molar-refractivity contribution < 1.29 is 9.53 Å². The number of rotatable bonds is 2. The third kappa shape index (κ3) is 2.49. The number of nitrogens with one attached hydrogen (secondary N) is 1. The second-order valence-corrected chi connectivity index (χ2v) is 4.41. The van der Waals surface area contributed by atoms with Gasteiger partial charge in [0.1, 0.15) is 6.10 Å². The minimum atomic E-state index is -0.241. The smallest absolute Gasteiger partial charge is 0.253 e. The van der Waals surface area contributed by atoms with Crippen LogP contribution in [0.1, 0.15) is 19.8 Å². The highest BCUT2D eigenvalue weighted by molar-refractivity contribution is 5.81. The predicted molar refractivity (Wildman–Crippen MR) is 57.6 cm³/mol. The Kier molecular flexibility index (Phi) is 3.59. The molecular weight excluding hydrogens is 192 g/mol. The zero-order valence-electron chi connectivity index (χ0n) is 9.37. The van der Waals surface area contributed by atoms with Crippen LogP contribution in [0.15, 0.2) is 0 Å². The van der Waals surface area contributed by atoms with Crippen molar-refractivity contribution in [1.82, 2.24) is 10.2 Å². The lowest BCUT2D eigenvalue weighted by atomic mass is 10.1. The summed E-state index contributed by atoms with van der Waals surface area (Å²) < 4.78 is 5.47. The molecule has 4 nitrogen and oxygen atoms in total. The number of hydrogen-bond acceptors (Lipinski definition) is 3. The SMILES string of the molecule is CCC1CCN(C(=O)C2CNCCO2)C1. The highest BCUT2D eigenvalue weighted by Gasteiger charge is 2.31. The Labute approximate surface area is 91.0 Å². The summed E-state index contributed by atoms with van der Waals surface area (Å²) in [5, 5.41) is 3.19. The summed E-state index contributed by atoms with van der Waals surface area (Å²) in [6.45, 7) is 6.22. The number of morpholine rings is 1. The van der Waals surface area contributed by atoms with E-state index in [1.165, 1.54) is 6.42 Å². The van der Waals surface area contributed by atoms with Crippen molar-refractivity contribution >= 4 is 5.91 Å². The van der Waals surface area contributed by atoms with E-state index < -0.39 is 0 Å². The minimum absolute atomic E-state index is 0.179. The van der Waals surface area contributed by atoms with Crippen LogP contribution in [0.3, 0.4) is 0 Å². The van der Waals surface area contributed by atoms with Gasteiger partial charge >= 0.3 is 0 Å². The standard InChI is InChI=1S/C11H20N2O2/c1-2-9-3-5-13(8-9)11(14)10-7-12-4-6-15-10/h9-10,12H,2-8H2,1H3. The molecule has 0 aromatic rings. The maximum absolute atomic E-state index is 12.0. The van der Waals surface area contributed by atoms with Gasteiger partial charge in [-0.15, -0.1) is 0 Å². The zero-order valence-corrected chi connectivity index (χ0v) is 9.37. The molecule has 2 rings (SSSR count). The molecule has 86 valence electrons. The van der Waals surface area contributed by atoms with E-state index in [1.54, 1.807) is 0 Å². The van der Waals surface area contributed by atoms with E-state index in [9.17, 15) is 4.79 Å². The van der Waals surface area contributed by atoms with Crippen molar-refractivity contribution in [3.05, 3.63) is 0 Å². The van der Waals surface area contributed by atoms with Crippen LogP contribution in [-0.4, -0.2) is 49.7 Å². The molecule has 2 fully saturated rings. The van der Waals surface area contributed by atoms with Gasteiger partial charge in [0, 0.05) is 26.2 Å². The molecule has 0 spiro atoms. The van der Waals surface area contributed by atoms with Crippen LogP contribution < -0.4 is 5.32 Å². The topological polar surface area (TPSA) is 41.6 Å². The monoisotopic (exact) mass is 212 g/mol. The first-order chi connectivity index (χ1) is 7.31.